The van der Waals surface area contributed by atoms with Crippen LogP contribution in [0.5, 0.6) is 0 Å². The summed E-state index contributed by atoms with van der Waals surface area (Å²) in [5.41, 5.74) is 0. The molecular formula is C49H95O10P. The molecule has 0 saturated heterocycles. The number of unbranched alkanes of at least 4 members (excludes halogenated alkanes) is 34. The van der Waals surface area contributed by atoms with Gasteiger partial charge in [0.1, 0.15) is 12.7 Å². The van der Waals surface area contributed by atoms with Crippen molar-refractivity contribution in [1.82, 2.24) is 0 Å². The maximum atomic E-state index is 12.7. The van der Waals surface area contributed by atoms with E-state index in [0.717, 1.165) is 44.9 Å². The highest BCUT2D eigenvalue weighted by molar-refractivity contribution is 7.47. The van der Waals surface area contributed by atoms with Crippen LogP contribution in [0.4, 0.5) is 0 Å². The third-order valence-electron chi connectivity index (χ3n) is 11.3. The molecule has 10 nitrogen and oxygen atoms in total. The number of carbonyl (C=O) groups is 2. The van der Waals surface area contributed by atoms with Gasteiger partial charge in [-0.1, -0.05) is 218 Å². The molecule has 0 aliphatic rings. The van der Waals surface area contributed by atoms with Gasteiger partial charge in [-0.25, -0.2) is 4.57 Å². The van der Waals surface area contributed by atoms with Crippen molar-refractivity contribution >= 4 is 19.8 Å². The molecule has 1 unspecified atom stereocenters. The Bertz CT molecular complexity index is 995. The van der Waals surface area contributed by atoms with Gasteiger partial charge in [-0.15, -0.1) is 6.58 Å². The van der Waals surface area contributed by atoms with E-state index < -0.39 is 51.8 Å². The van der Waals surface area contributed by atoms with Gasteiger partial charge in [-0.05, 0) is 25.7 Å². The van der Waals surface area contributed by atoms with Crippen molar-refractivity contribution in [3.63, 3.8) is 0 Å². The molecule has 3 atom stereocenters. The maximum Gasteiger partial charge on any atom is 0.472 e. The minimum Gasteiger partial charge on any atom is -0.462 e. The molecule has 0 amide bonds. The Balaban J connectivity index is 4.11. The highest BCUT2D eigenvalue weighted by Gasteiger charge is 2.27. The van der Waals surface area contributed by atoms with Crippen LogP contribution in [0.25, 0.3) is 0 Å². The van der Waals surface area contributed by atoms with Crippen LogP contribution in [-0.2, 0) is 32.7 Å². The lowest BCUT2D eigenvalue weighted by atomic mass is 10.0. The molecule has 3 N–H and O–H groups in total. The number of allylic oxidation sites excluding steroid dienone is 1. The normalized spacial score (nSPS) is 13.5. The summed E-state index contributed by atoms with van der Waals surface area (Å²) in [6.45, 7) is 3.96. The number of aliphatic hydroxyl groups is 2. The number of phosphoric acid groups is 1. The number of rotatable bonds is 49. The van der Waals surface area contributed by atoms with E-state index in [0.29, 0.717) is 12.8 Å². The van der Waals surface area contributed by atoms with Gasteiger partial charge in [0.15, 0.2) is 6.10 Å². The summed E-state index contributed by atoms with van der Waals surface area (Å²) in [7, 11) is -4.62. The van der Waals surface area contributed by atoms with Crippen molar-refractivity contribution in [1.29, 1.82) is 0 Å². The van der Waals surface area contributed by atoms with Crippen LogP contribution < -0.4 is 0 Å². The second-order valence-electron chi connectivity index (χ2n) is 17.3. The van der Waals surface area contributed by atoms with Crippen LogP contribution in [0.15, 0.2) is 12.7 Å². The highest BCUT2D eigenvalue weighted by atomic mass is 31.2. The SMILES string of the molecule is C=CCCCCCCCCCCCCCCCC(=O)OC[C@H](COP(=O)(O)OC[C@@H](O)CO)OC(=O)CCCCCCCCCCCCCCCCCCCCCCCC. The zero-order chi connectivity index (χ0) is 44.0. The molecule has 356 valence electrons. The number of hydrogen-bond donors (Lipinski definition) is 3. The predicted octanol–water partition coefficient (Wildman–Crippen LogP) is 14.0. The van der Waals surface area contributed by atoms with E-state index in [2.05, 4.69) is 13.5 Å². The Kier molecular flexibility index (Phi) is 44.7. The molecule has 0 aromatic rings. The maximum absolute atomic E-state index is 12.7. The topological polar surface area (TPSA) is 149 Å². The van der Waals surface area contributed by atoms with Crippen LogP contribution in [0.2, 0.25) is 0 Å². The Morgan fingerprint density at radius 3 is 1.22 bits per heavy atom. The van der Waals surface area contributed by atoms with E-state index in [-0.39, 0.29) is 19.4 Å². The first-order valence-corrected chi connectivity index (χ1v) is 26.6. The lowest BCUT2D eigenvalue weighted by molar-refractivity contribution is -0.161. The molecule has 0 saturated carbocycles. The van der Waals surface area contributed by atoms with E-state index in [4.69, 9.17) is 23.6 Å². The molecule has 0 bridgehead atoms. The van der Waals surface area contributed by atoms with Crippen molar-refractivity contribution in [3.05, 3.63) is 12.7 Å². The van der Waals surface area contributed by atoms with E-state index >= 15 is 0 Å². The average Bonchev–Trinajstić information content (AvgIpc) is 3.24. The van der Waals surface area contributed by atoms with Crippen molar-refractivity contribution < 1.29 is 47.8 Å². The summed E-state index contributed by atoms with van der Waals surface area (Å²) < 4.78 is 32.8. The van der Waals surface area contributed by atoms with Gasteiger partial charge in [-0.3, -0.25) is 18.6 Å². The minimum atomic E-state index is -4.62. The zero-order valence-corrected chi connectivity index (χ0v) is 39.7. The molecule has 0 rings (SSSR count). The van der Waals surface area contributed by atoms with Crippen LogP contribution in [-0.4, -0.2) is 65.7 Å². The molecule has 0 spiro atoms. The van der Waals surface area contributed by atoms with Crippen molar-refractivity contribution in [3.8, 4) is 0 Å². The van der Waals surface area contributed by atoms with Gasteiger partial charge in [0.25, 0.3) is 0 Å². The van der Waals surface area contributed by atoms with Crippen LogP contribution in [0.1, 0.15) is 251 Å². The average molecular weight is 875 g/mol. The van der Waals surface area contributed by atoms with Gasteiger partial charge in [0.05, 0.1) is 19.8 Å². The van der Waals surface area contributed by atoms with E-state index in [1.165, 1.54) is 173 Å². The first-order valence-electron chi connectivity index (χ1n) is 25.1. The number of esters is 2. The Morgan fingerprint density at radius 2 is 0.850 bits per heavy atom. The Morgan fingerprint density at radius 1 is 0.517 bits per heavy atom. The third kappa shape index (κ3) is 44.8. The zero-order valence-electron chi connectivity index (χ0n) is 38.8. The van der Waals surface area contributed by atoms with Crippen LogP contribution in [0.3, 0.4) is 0 Å². The summed E-state index contributed by atoms with van der Waals surface area (Å²) in [6, 6.07) is 0. The summed E-state index contributed by atoms with van der Waals surface area (Å²) >= 11 is 0. The summed E-state index contributed by atoms with van der Waals surface area (Å²) in [5, 5.41) is 18.4. The summed E-state index contributed by atoms with van der Waals surface area (Å²) in [5.74, 6) is -0.911. The Labute approximate surface area is 368 Å². The molecule has 0 aliphatic heterocycles. The monoisotopic (exact) mass is 875 g/mol. The first kappa shape index (κ1) is 58.7. The number of hydrogen-bond acceptors (Lipinski definition) is 9. The van der Waals surface area contributed by atoms with Gasteiger partial charge >= 0.3 is 19.8 Å². The molecule has 11 heteroatoms. The first-order chi connectivity index (χ1) is 29.2. The number of phosphoric ester groups is 1. The second kappa shape index (κ2) is 45.7. The summed E-state index contributed by atoms with van der Waals surface area (Å²) in [6.07, 6.45) is 45.0. The van der Waals surface area contributed by atoms with Crippen molar-refractivity contribution in [2.24, 2.45) is 0 Å². The quantitative estimate of drug-likeness (QED) is 0.0233. The van der Waals surface area contributed by atoms with Gasteiger partial charge in [0, 0.05) is 12.8 Å². The highest BCUT2D eigenvalue weighted by Crippen LogP contribution is 2.43. The molecule has 0 aromatic heterocycles. The summed E-state index contributed by atoms with van der Waals surface area (Å²) in [4.78, 5) is 35.1. The third-order valence-corrected chi connectivity index (χ3v) is 12.3. The minimum absolute atomic E-state index is 0.190. The lowest BCUT2D eigenvalue weighted by Gasteiger charge is -2.20. The number of ether oxygens (including phenoxy) is 2. The fourth-order valence-electron chi connectivity index (χ4n) is 7.45. The molecule has 0 aliphatic carbocycles. The van der Waals surface area contributed by atoms with Gasteiger partial charge < -0.3 is 24.6 Å². The van der Waals surface area contributed by atoms with Crippen molar-refractivity contribution in [2.75, 3.05) is 26.4 Å². The fraction of sp³-hybridized carbons (Fsp3) is 0.918. The standard InChI is InChI=1S/C49H95O10P/c1-3-5-7-9-11-13-15-17-19-20-21-22-23-24-25-27-29-31-33-35-37-39-41-49(53)59-47(45-58-60(54,55)57-43-46(51)42-50)44-56-48(52)40-38-36-34-32-30-28-26-18-16-14-12-10-8-6-4-2/h4,46-47,50-51H,2-3,5-45H2,1H3,(H,54,55)/t46-,47+/m0/s1. The molecule has 0 radical (unpaired) electrons. The van der Waals surface area contributed by atoms with Crippen molar-refractivity contribution in [2.45, 2.75) is 263 Å². The largest absolute Gasteiger partial charge is 0.472 e. The predicted molar refractivity (Wildman–Crippen MR) is 247 cm³/mol. The Hall–Kier alpha value is -1.29. The second-order valence-corrected chi connectivity index (χ2v) is 18.7. The smallest absolute Gasteiger partial charge is 0.462 e. The van der Waals surface area contributed by atoms with E-state index in [1.54, 1.807) is 0 Å². The van der Waals surface area contributed by atoms with E-state index in [9.17, 15) is 24.2 Å². The number of aliphatic hydroxyl groups excluding tert-OH is 2. The molecule has 0 heterocycles. The van der Waals surface area contributed by atoms with Crippen LogP contribution >= 0.6 is 7.82 Å². The fourth-order valence-corrected chi connectivity index (χ4v) is 8.24. The van der Waals surface area contributed by atoms with E-state index in [1.807, 2.05) is 6.08 Å². The van der Waals surface area contributed by atoms with Crippen LogP contribution in [0, 0.1) is 0 Å². The molecular weight excluding hydrogens is 780 g/mol. The molecule has 60 heavy (non-hydrogen) atoms. The molecule has 0 fully saturated rings. The lowest BCUT2D eigenvalue weighted by Crippen LogP contribution is -2.29. The molecule has 0 aromatic carbocycles. The van der Waals surface area contributed by atoms with Gasteiger partial charge in [-0.2, -0.15) is 0 Å². The number of carbonyl (C=O) groups excluding carboxylic acids is 2. The van der Waals surface area contributed by atoms with Gasteiger partial charge in [0.2, 0.25) is 0 Å².